The van der Waals surface area contributed by atoms with E-state index < -0.39 is 16.1 Å². The number of carbonyl (C=O) groups is 2. The topological polar surface area (TPSA) is 96.0 Å². The highest BCUT2D eigenvalue weighted by molar-refractivity contribution is 7.98. The average Bonchev–Trinajstić information content (AvgIpc) is 3.22. The Labute approximate surface area is 198 Å². The van der Waals surface area contributed by atoms with Gasteiger partial charge in [0.25, 0.3) is 0 Å². The van der Waals surface area contributed by atoms with E-state index in [1.54, 1.807) is 23.9 Å². The summed E-state index contributed by atoms with van der Waals surface area (Å²) >= 11 is 1.65. The highest BCUT2D eigenvalue weighted by Gasteiger charge is 2.38. The largest absolute Gasteiger partial charge is 0.379 e. The molecule has 2 heterocycles. The number of rotatable bonds is 6. The summed E-state index contributed by atoms with van der Waals surface area (Å²) in [7, 11) is -3.66. The van der Waals surface area contributed by atoms with Gasteiger partial charge in [0.2, 0.25) is 21.8 Å². The Kier molecular flexibility index (Phi) is 7.08. The molecule has 4 rings (SSSR count). The zero-order valence-electron chi connectivity index (χ0n) is 18.6. The number of thioether (sulfide) groups is 1. The third-order valence-corrected chi connectivity index (χ3v) is 8.55. The van der Waals surface area contributed by atoms with E-state index in [4.69, 9.17) is 4.74 Å². The molecule has 33 heavy (non-hydrogen) atoms. The molecule has 10 heteroatoms. The fraction of sp³-hybridized carbons (Fsp3) is 0.391. The van der Waals surface area contributed by atoms with Crippen LogP contribution in [0.15, 0.2) is 52.3 Å². The van der Waals surface area contributed by atoms with Crippen LogP contribution in [0.3, 0.4) is 0 Å². The number of hydrogen-bond acceptors (Lipinski definition) is 6. The number of ether oxygens (including phenoxy) is 1. The lowest BCUT2D eigenvalue weighted by Crippen LogP contribution is -2.47. The SMILES string of the molecule is CSc1ccc(CNC(=O)C2Cc3cc(S(=O)(=O)N4CCOCC4)ccc3N2C(C)=O)cc1. The highest BCUT2D eigenvalue weighted by atomic mass is 32.2. The first-order chi connectivity index (χ1) is 15.8. The summed E-state index contributed by atoms with van der Waals surface area (Å²) < 4.78 is 32.7. The third-order valence-electron chi connectivity index (χ3n) is 5.91. The number of nitrogens with one attached hydrogen (secondary N) is 1. The Morgan fingerprint density at radius 3 is 2.45 bits per heavy atom. The van der Waals surface area contributed by atoms with Crippen LogP contribution in [0.1, 0.15) is 18.1 Å². The Hall–Kier alpha value is -2.40. The molecular weight excluding hydrogens is 462 g/mol. The summed E-state index contributed by atoms with van der Waals surface area (Å²) in [6, 6.07) is 11.9. The number of carbonyl (C=O) groups excluding carboxylic acids is 2. The van der Waals surface area contributed by atoms with Crippen LogP contribution in [0.5, 0.6) is 0 Å². The summed E-state index contributed by atoms with van der Waals surface area (Å²) in [6.45, 7) is 3.11. The molecule has 2 amide bonds. The second kappa shape index (κ2) is 9.84. The molecule has 1 saturated heterocycles. The lowest BCUT2D eigenvalue weighted by Gasteiger charge is -2.26. The summed E-state index contributed by atoms with van der Waals surface area (Å²) in [5.74, 6) is -0.532. The van der Waals surface area contributed by atoms with Crippen molar-refractivity contribution in [3.05, 3.63) is 53.6 Å². The van der Waals surface area contributed by atoms with Crippen LogP contribution in [0.2, 0.25) is 0 Å². The molecule has 0 bridgehead atoms. The number of nitrogens with zero attached hydrogens (tertiary/aromatic N) is 2. The maximum Gasteiger partial charge on any atom is 0.243 e. The summed E-state index contributed by atoms with van der Waals surface area (Å²) in [4.78, 5) is 28.2. The molecular formula is C23H27N3O5S2. The van der Waals surface area contributed by atoms with Gasteiger partial charge >= 0.3 is 0 Å². The molecule has 1 unspecified atom stereocenters. The first kappa shape index (κ1) is 23.7. The number of amides is 2. The minimum atomic E-state index is -3.66. The minimum absolute atomic E-state index is 0.168. The molecule has 0 radical (unpaired) electrons. The maximum absolute atomic E-state index is 13.0. The number of anilines is 1. The van der Waals surface area contributed by atoms with Gasteiger partial charge in [-0.2, -0.15) is 4.31 Å². The van der Waals surface area contributed by atoms with Crippen LogP contribution in [-0.2, 0) is 37.3 Å². The van der Waals surface area contributed by atoms with Crippen molar-refractivity contribution in [2.75, 3.05) is 37.5 Å². The molecule has 1 N–H and O–H groups in total. The zero-order valence-corrected chi connectivity index (χ0v) is 20.2. The predicted molar refractivity (Wildman–Crippen MR) is 127 cm³/mol. The highest BCUT2D eigenvalue weighted by Crippen LogP contribution is 2.35. The first-order valence-corrected chi connectivity index (χ1v) is 13.4. The van der Waals surface area contributed by atoms with Crippen molar-refractivity contribution in [3.8, 4) is 0 Å². The number of fused-ring (bicyclic) bond motifs is 1. The Bertz CT molecular complexity index is 1150. The predicted octanol–water partition coefficient (Wildman–Crippen LogP) is 2.02. The van der Waals surface area contributed by atoms with Gasteiger partial charge in [-0.25, -0.2) is 8.42 Å². The minimum Gasteiger partial charge on any atom is -0.379 e. The van der Waals surface area contributed by atoms with Crippen LogP contribution in [0.4, 0.5) is 5.69 Å². The van der Waals surface area contributed by atoms with E-state index in [1.165, 1.54) is 22.2 Å². The van der Waals surface area contributed by atoms with Crippen molar-refractivity contribution in [3.63, 3.8) is 0 Å². The van der Waals surface area contributed by atoms with Gasteiger partial charge in [0.1, 0.15) is 6.04 Å². The maximum atomic E-state index is 13.0. The van der Waals surface area contributed by atoms with E-state index >= 15 is 0 Å². The second-order valence-corrected chi connectivity index (χ2v) is 10.8. The Morgan fingerprint density at radius 2 is 1.82 bits per heavy atom. The smallest absolute Gasteiger partial charge is 0.243 e. The molecule has 1 atom stereocenters. The van der Waals surface area contributed by atoms with Gasteiger partial charge in [-0.3, -0.25) is 14.5 Å². The number of hydrogen-bond donors (Lipinski definition) is 1. The zero-order chi connectivity index (χ0) is 23.6. The lowest BCUT2D eigenvalue weighted by atomic mass is 10.1. The van der Waals surface area contributed by atoms with E-state index in [1.807, 2.05) is 30.5 Å². The standard InChI is InChI=1S/C23H27N3O5S2/c1-16(27)26-21-8-7-20(33(29,30)25-9-11-31-12-10-25)13-18(21)14-22(26)23(28)24-15-17-3-5-19(32-2)6-4-17/h3-8,13,22H,9-12,14-15H2,1-2H3,(H,24,28). The molecule has 2 aromatic rings. The van der Waals surface area contributed by atoms with Crippen molar-refractivity contribution in [1.29, 1.82) is 0 Å². The van der Waals surface area contributed by atoms with Crippen LogP contribution >= 0.6 is 11.8 Å². The van der Waals surface area contributed by atoms with Crippen LogP contribution in [0, 0.1) is 0 Å². The van der Waals surface area contributed by atoms with Gasteiger partial charge in [0.15, 0.2) is 0 Å². The monoisotopic (exact) mass is 489 g/mol. The van der Waals surface area contributed by atoms with E-state index in [0.29, 0.717) is 44.1 Å². The number of sulfonamides is 1. The van der Waals surface area contributed by atoms with Crippen LogP contribution in [0.25, 0.3) is 0 Å². The van der Waals surface area contributed by atoms with E-state index in [2.05, 4.69) is 5.32 Å². The quantitative estimate of drug-likeness (QED) is 0.624. The van der Waals surface area contributed by atoms with E-state index in [0.717, 1.165) is 10.5 Å². The molecule has 2 aliphatic heterocycles. The first-order valence-electron chi connectivity index (χ1n) is 10.7. The molecule has 2 aromatic carbocycles. The average molecular weight is 490 g/mol. The van der Waals surface area contributed by atoms with Gasteiger partial charge in [0.05, 0.1) is 18.1 Å². The molecule has 0 aromatic heterocycles. The Morgan fingerprint density at radius 1 is 1.12 bits per heavy atom. The summed E-state index contributed by atoms with van der Waals surface area (Å²) in [6.07, 6.45) is 2.27. The molecule has 0 aliphatic carbocycles. The van der Waals surface area contributed by atoms with Crippen molar-refractivity contribution in [2.24, 2.45) is 0 Å². The Balaban J connectivity index is 1.52. The van der Waals surface area contributed by atoms with Crippen LogP contribution < -0.4 is 10.2 Å². The van der Waals surface area contributed by atoms with Gasteiger partial charge in [-0.05, 0) is 47.7 Å². The molecule has 1 fully saturated rings. The van der Waals surface area contributed by atoms with E-state index in [-0.39, 0.29) is 23.1 Å². The van der Waals surface area contributed by atoms with Gasteiger partial charge < -0.3 is 10.1 Å². The summed E-state index contributed by atoms with van der Waals surface area (Å²) in [5, 5.41) is 2.91. The van der Waals surface area contributed by atoms with Crippen molar-refractivity contribution in [1.82, 2.24) is 9.62 Å². The molecule has 8 nitrogen and oxygen atoms in total. The number of benzene rings is 2. The second-order valence-electron chi connectivity index (χ2n) is 7.98. The van der Waals surface area contributed by atoms with E-state index in [9.17, 15) is 18.0 Å². The van der Waals surface area contributed by atoms with Crippen molar-refractivity contribution < 1.29 is 22.7 Å². The third kappa shape index (κ3) is 4.93. The molecule has 0 saturated carbocycles. The normalized spacial score (nSPS) is 18.7. The van der Waals surface area contributed by atoms with Gasteiger partial charge in [-0.1, -0.05) is 12.1 Å². The fourth-order valence-electron chi connectivity index (χ4n) is 4.17. The molecule has 176 valence electrons. The molecule has 0 spiro atoms. The molecule has 2 aliphatic rings. The van der Waals surface area contributed by atoms with Gasteiger partial charge in [0, 0.05) is 43.6 Å². The van der Waals surface area contributed by atoms with Crippen LogP contribution in [-0.4, -0.2) is 63.1 Å². The number of morpholine rings is 1. The van der Waals surface area contributed by atoms with Crippen molar-refractivity contribution >= 4 is 39.3 Å². The van der Waals surface area contributed by atoms with Crippen molar-refractivity contribution in [2.45, 2.75) is 35.7 Å². The summed E-state index contributed by atoms with van der Waals surface area (Å²) in [5.41, 5.74) is 2.21. The fourth-order valence-corrected chi connectivity index (χ4v) is 6.04. The van der Waals surface area contributed by atoms with Gasteiger partial charge in [-0.15, -0.1) is 11.8 Å². The lowest BCUT2D eigenvalue weighted by molar-refractivity contribution is -0.125.